The molecule has 114 valence electrons. The topological polar surface area (TPSA) is 58.2 Å². The first-order valence-electron chi connectivity index (χ1n) is 7.48. The first-order valence-corrected chi connectivity index (χ1v) is 7.48. The van der Waals surface area contributed by atoms with Crippen LogP contribution in [0.4, 0.5) is 0 Å². The van der Waals surface area contributed by atoms with Crippen molar-refractivity contribution < 1.29 is 9.59 Å². The summed E-state index contributed by atoms with van der Waals surface area (Å²) in [7, 11) is 0. The number of nitrogens with one attached hydrogen (secondary N) is 2. The molecule has 0 spiro atoms. The molecule has 21 heavy (non-hydrogen) atoms. The highest BCUT2D eigenvalue weighted by Gasteiger charge is 2.56. The molecule has 4 nitrogen and oxygen atoms in total. The minimum atomic E-state index is -0.829. The fraction of sp³-hybridized carbons (Fsp3) is 0.529. The Balaban J connectivity index is 1.84. The van der Waals surface area contributed by atoms with Crippen molar-refractivity contribution in [2.24, 2.45) is 5.41 Å². The molecule has 1 aromatic carbocycles. The maximum atomic E-state index is 12.3. The van der Waals surface area contributed by atoms with Crippen molar-refractivity contribution in [3.8, 4) is 0 Å². The van der Waals surface area contributed by atoms with Crippen molar-refractivity contribution in [3.63, 3.8) is 0 Å². The third-order valence-electron chi connectivity index (χ3n) is 3.65. The van der Waals surface area contributed by atoms with Crippen molar-refractivity contribution in [1.82, 2.24) is 10.6 Å². The van der Waals surface area contributed by atoms with E-state index in [1.165, 1.54) is 5.56 Å². The number of rotatable bonds is 5. The highest BCUT2D eigenvalue weighted by atomic mass is 16.2. The molecule has 0 saturated heterocycles. The molecule has 0 unspecified atom stereocenters. The van der Waals surface area contributed by atoms with E-state index >= 15 is 0 Å². The predicted molar refractivity (Wildman–Crippen MR) is 82.7 cm³/mol. The first-order chi connectivity index (χ1) is 9.83. The van der Waals surface area contributed by atoms with Crippen LogP contribution in [-0.4, -0.2) is 23.9 Å². The molecular weight excluding hydrogens is 264 g/mol. The summed E-state index contributed by atoms with van der Waals surface area (Å²) in [5.41, 5.74) is 0.0443. The average Bonchev–Trinajstić information content (AvgIpc) is 3.19. The van der Waals surface area contributed by atoms with Gasteiger partial charge in [-0.05, 0) is 45.6 Å². The molecular formula is C17H24N2O2. The van der Waals surface area contributed by atoms with E-state index in [0.29, 0.717) is 19.4 Å². The van der Waals surface area contributed by atoms with Gasteiger partial charge < -0.3 is 10.6 Å². The van der Waals surface area contributed by atoms with Crippen LogP contribution >= 0.6 is 0 Å². The fourth-order valence-electron chi connectivity index (χ4n) is 2.28. The van der Waals surface area contributed by atoms with E-state index in [1.54, 1.807) is 0 Å². The summed E-state index contributed by atoms with van der Waals surface area (Å²) in [5.74, 6) is -0.285. The van der Waals surface area contributed by atoms with Crippen LogP contribution in [0.3, 0.4) is 0 Å². The van der Waals surface area contributed by atoms with E-state index in [9.17, 15) is 9.59 Å². The summed E-state index contributed by atoms with van der Waals surface area (Å²) in [6, 6.07) is 10.0. The molecule has 0 aliphatic heterocycles. The van der Waals surface area contributed by atoms with Crippen LogP contribution in [0.1, 0.15) is 39.2 Å². The van der Waals surface area contributed by atoms with Gasteiger partial charge in [0.25, 0.3) is 0 Å². The Morgan fingerprint density at radius 1 is 1.10 bits per heavy atom. The van der Waals surface area contributed by atoms with Gasteiger partial charge in [-0.15, -0.1) is 0 Å². The van der Waals surface area contributed by atoms with Crippen molar-refractivity contribution in [1.29, 1.82) is 0 Å². The Labute approximate surface area is 126 Å². The predicted octanol–water partition coefficient (Wildman–Crippen LogP) is 2.04. The Morgan fingerprint density at radius 3 is 2.24 bits per heavy atom. The number of hydrogen-bond acceptors (Lipinski definition) is 2. The molecule has 0 aromatic heterocycles. The smallest absolute Gasteiger partial charge is 0.236 e. The van der Waals surface area contributed by atoms with Crippen molar-refractivity contribution >= 4 is 11.8 Å². The van der Waals surface area contributed by atoms with Crippen molar-refractivity contribution in [3.05, 3.63) is 35.9 Å². The molecule has 0 heterocycles. The Bertz CT molecular complexity index is 513. The lowest BCUT2D eigenvalue weighted by molar-refractivity contribution is -0.138. The minimum Gasteiger partial charge on any atom is -0.355 e. The number of hydrogen-bond donors (Lipinski definition) is 2. The van der Waals surface area contributed by atoms with Gasteiger partial charge in [-0.25, -0.2) is 0 Å². The molecule has 4 heteroatoms. The fourth-order valence-corrected chi connectivity index (χ4v) is 2.28. The van der Waals surface area contributed by atoms with Gasteiger partial charge in [0.15, 0.2) is 0 Å². The van der Waals surface area contributed by atoms with Crippen LogP contribution in [0.2, 0.25) is 0 Å². The van der Waals surface area contributed by atoms with Crippen LogP contribution in [0.5, 0.6) is 0 Å². The lowest BCUT2D eigenvalue weighted by Gasteiger charge is -2.24. The van der Waals surface area contributed by atoms with Gasteiger partial charge in [0, 0.05) is 12.1 Å². The second kappa shape index (κ2) is 5.88. The second-order valence-electron chi connectivity index (χ2n) is 6.78. The summed E-state index contributed by atoms with van der Waals surface area (Å²) in [5, 5.41) is 5.81. The highest BCUT2D eigenvalue weighted by molar-refractivity contribution is 6.08. The third kappa shape index (κ3) is 4.06. The van der Waals surface area contributed by atoms with Crippen LogP contribution in [-0.2, 0) is 16.0 Å². The molecule has 0 bridgehead atoms. The van der Waals surface area contributed by atoms with Crippen molar-refractivity contribution in [2.75, 3.05) is 6.54 Å². The zero-order valence-corrected chi connectivity index (χ0v) is 13.0. The van der Waals surface area contributed by atoms with Gasteiger partial charge in [0.2, 0.25) is 11.8 Å². The molecule has 2 rings (SSSR count). The third-order valence-corrected chi connectivity index (χ3v) is 3.65. The lowest BCUT2D eigenvalue weighted by Crippen LogP contribution is -2.49. The maximum Gasteiger partial charge on any atom is 0.236 e. The van der Waals surface area contributed by atoms with E-state index in [0.717, 1.165) is 6.42 Å². The van der Waals surface area contributed by atoms with Crippen molar-refractivity contribution in [2.45, 2.75) is 45.6 Å². The summed E-state index contributed by atoms with van der Waals surface area (Å²) in [4.78, 5) is 24.5. The summed E-state index contributed by atoms with van der Waals surface area (Å²) < 4.78 is 0. The molecule has 0 radical (unpaired) electrons. The van der Waals surface area contributed by atoms with Crippen LogP contribution in [0, 0.1) is 5.41 Å². The summed E-state index contributed by atoms with van der Waals surface area (Å²) >= 11 is 0. The molecule has 2 N–H and O–H groups in total. The monoisotopic (exact) mass is 288 g/mol. The number of carbonyl (C=O) groups is 2. The van der Waals surface area contributed by atoms with Gasteiger partial charge in [-0.1, -0.05) is 30.3 Å². The van der Waals surface area contributed by atoms with E-state index in [2.05, 4.69) is 10.6 Å². The van der Waals surface area contributed by atoms with E-state index in [4.69, 9.17) is 0 Å². The van der Waals surface area contributed by atoms with Gasteiger partial charge in [0.1, 0.15) is 5.41 Å². The minimum absolute atomic E-state index is 0.139. The quantitative estimate of drug-likeness (QED) is 0.815. The molecule has 1 fully saturated rings. The summed E-state index contributed by atoms with van der Waals surface area (Å²) in [6.45, 7) is 6.34. The molecule has 1 aliphatic rings. The molecule has 0 atom stereocenters. The van der Waals surface area contributed by atoms with Gasteiger partial charge in [-0.3, -0.25) is 9.59 Å². The SMILES string of the molecule is CC(C)(C)NC(=O)C1(C(=O)NCCc2ccccc2)CC1. The summed E-state index contributed by atoms with van der Waals surface area (Å²) in [6.07, 6.45) is 2.07. The Kier molecular flexibility index (Phi) is 4.35. The lowest BCUT2D eigenvalue weighted by atomic mass is 10.0. The first kappa shape index (κ1) is 15.5. The zero-order valence-electron chi connectivity index (χ0n) is 13.0. The number of benzene rings is 1. The van der Waals surface area contributed by atoms with Crippen LogP contribution in [0.25, 0.3) is 0 Å². The molecule has 2 amide bonds. The molecule has 1 aliphatic carbocycles. The second-order valence-corrected chi connectivity index (χ2v) is 6.78. The van der Waals surface area contributed by atoms with Gasteiger partial charge >= 0.3 is 0 Å². The van der Waals surface area contributed by atoms with Crippen LogP contribution in [0.15, 0.2) is 30.3 Å². The standard InChI is InChI=1S/C17H24N2O2/c1-16(2,3)19-15(21)17(10-11-17)14(20)18-12-9-13-7-5-4-6-8-13/h4-8H,9-12H2,1-3H3,(H,18,20)(H,19,21). The maximum absolute atomic E-state index is 12.3. The number of amides is 2. The van der Waals surface area contributed by atoms with E-state index in [-0.39, 0.29) is 17.4 Å². The van der Waals surface area contributed by atoms with Gasteiger partial charge in [0.05, 0.1) is 0 Å². The zero-order chi connectivity index (χ0) is 15.5. The largest absolute Gasteiger partial charge is 0.355 e. The highest BCUT2D eigenvalue weighted by Crippen LogP contribution is 2.46. The molecule has 1 aromatic rings. The van der Waals surface area contributed by atoms with Crippen LogP contribution < -0.4 is 10.6 Å². The number of carbonyl (C=O) groups excluding carboxylic acids is 2. The molecule has 1 saturated carbocycles. The normalized spacial score (nSPS) is 16.1. The average molecular weight is 288 g/mol. The Hall–Kier alpha value is -1.84. The van der Waals surface area contributed by atoms with Gasteiger partial charge in [-0.2, -0.15) is 0 Å². The Morgan fingerprint density at radius 2 is 1.71 bits per heavy atom. The van der Waals surface area contributed by atoms with E-state index < -0.39 is 5.41 Å². The van der Waals surface area contributed by atoms with E-state index in [1.807, 2.05) is 51.1 Å².